The second kappa shape index (κ2) is 17.9. The number of fused-ring (bicyclic) bond motifs is 2. The number of benzene rings is 2. The summed E-state index contributed by atoms with van der Waals surface area (Å²) < 4.78 is 29.5. The van der Waals surface area contributed by atoms with Crippen LogP contribution >= 0.6 is 0 Å². The summed E-state index contributed by atoms with van der Waals surface area (Å²) in [6.07, 6.45) is 8.70. The van der Waals surface area contributed by atoms with Gasteiger partial charge in [-0.15, -0.1) is 0 Å². The van der Waals surface area contributed by atoms with Crippen molar-refractivity contribution in [2.24, 2.45) is 17.8 Å². The van der Waals surface area contributed by atoms with Gasteiger partial charge in [0.2, 0.25) is 0 Å². The smallest absolute Gasteiger partial charge is 0.482 e. The molecule has 0 spiro atoms. The molecule has 0 radical (unpaired) electrons. The van der Waals surface area contributed by atoms with E-state index in [4.69, 9.17) is 23.4 Å². The minimum Gasteiger partial charge on any atom is -0.482 e. The molecule has 0 unspecified atom stereocenters. The molecule has 2 aliphatic carbocycles. The summed E-state index contributed by atoms with van der Waals surface area (Å²) in [4.78, 5) is 24.9. The molecule has 46 heavy (non-hydrogen) atoms. The average Bonchev–Trinajstić information content (AvgIpc) is 3.42. The molecule has 0 bridgehead atoms. The molecule has 7 nitrogen and oxygen atoms in total. The minimum absolute atomic E-state index is 0.133. The van der Waals surface area contributed by atoms with Gasteiger partial charge >= 0.3 is 12.1 Å². The zero-order chi connectivity index (χ0) is 32.9. The van der Waals surface area contributed by atoms with Crippen LogP contribution in [0.4, 0.5) is 4.79 Å². The molecule has 254 valence electrons. The Labute approximate surface area is 277 Å². The maximum atomic E-state index is 12.5. The standard InChI is InChI=1S/C38H56O7Si/c1-6-10-12-19-31(45-46(7-2,8-3)9-4)21-22-32-33-23-29-18-15-20-35(34(29)24-30(33)25-36(32)44-38(40)41-5)42-27-37(39)43-26-28-16-13-11-14-17-28/h11,13-18,20,30-33,36H,6-10,12,19,21-27H2,1-5H3/t30-,31-,32+,33-,36+/m0/s1. The Morgan fingerprint density at radius 3 is 2.37 bits per heavy atom. The van der Waals surface area contributed by atoms with E-state index in [1.807, 2.05) is 42.5 Å². The molecule has 2 aromatic rings. The highest BCUT2D eigenvalue weighted by Gasteiger charge is 2.47. The first-order valence-electron chi connectivity index (χ1n) is 17.7. The quantitative estimate of drug-likeness (QED) is 0.0903. The van der Waals surface area contributed by atoms with Gasteiger partial charge in [0.15, 0.2) is 14.9 Å². The second-order valence-corrected chi connectivity index (χ2v) is 18.0. The number of hydrogen-bond donors (Lipinski definition) is 0. The van der Waals surface area contributed by atoms with Gasteiger partial charge in [-0.25, -0.2) is 9.59 Å². The number of unbranched alkanes of at least 4 members (excludes halogenated alkanes) is 2. The Bertz CT molecular complexity index is 1220. The van der Waals surface area contributed by atoms with Gasteiger partial charge in [-0.1, -0.05) is 89.4 Å². The predicted octanol–water partition coefficient (Wildman–Crippen LogP) is 9.06. The lowest BCUT2D eigenvalue weighted by Gasteiger charge is -2.36. The van der Waals surface area contributed by atoms with Gasteiger partial charge in [0.1, 0.15) is 18.5 Å². The maximum Gasteiger partial charge on any atom is 0.508 e. The third-order valence-electron chi connectivity index (χ3n) is 10.6. The van der Waals surface area contributed by atoms with E-state index < -0.39 is 14.5 Å². The van der Waals surface area contributed by atoms with Crippen LogP contribution in [0.15, 0.2) is 48.5 Å². The van der Waals surface area contributed by atoms with Gasteiger partial charge in [-0.05, 0) is 97.2 Å². The van der Waals surface area contributed by atoms with Gasteiger partial charge in [0, 0.05) is 6.10 Å². The first kappa shape index (κ1) is 36.0. The van der Waals surface area contributed by atoms with Gasteiger partial charge in [-0.2, -0.15) is 0 Å². The first-order valence-corrected chi connectivity index (χ1v) is 20.2. The number of carbonyl (C=O) groups is 2. The summed E-state index contributed by atoms with van der Waals surface area (Å²) in [6, 6.07) is 19.2. The molecule has 0 aromatic heterocycles. The second-order valence-electron chi connectivity index (χ2n) is 13.2. The maximum absolute atomic E-state index is 12.5. The monoisotopic (exact) mass is 652 g/mol. The van der Waals surface area contributed by atoms with Gasteiger partial charge < -0.3 is 23.4 Å². The summed E-state index contributed by atoms with van der Waals surface area (Å²) in [7, 11) is -0.365. The van der Waals surface area contributed by atoms with Crippen molar-refractivity contribution in [2.45, 2.75) is 122 Å². The van der Waals surface area contributed by atoms with Crippen molar-refractivity contribution in [3.63, 3.8) is 0 Å². The SMILES string of the molecule is CCCCC[C@@H](CC[C@@H]1[C@H]2Cc3cccc(OCC(=O)OCc4ccccc4)c3C[C@H]2C[C@H]1OC(=O)OC)O[Si](CC)(CC)CC. The van der Waals surface area contributed by atoms with Gasteiger partial charge in [0.05, 0.1) is 7.11 Å². The van der Waals surface area contributed by atoms with E-state index in [2.05, 4.69) is 33.8 Å². The third-order valence-corrected chi connectivity index (χ3v) is 15.3. The van der Waals surface area contributed by atoms with Crippen molar-refractivity contribution in [3.8, 4) is 5.75 Å². The molecule has 0 heterocycles. The number of rotatable bonds is 18. The molecule has 0 amide bonds. The van der Waals surface area contributed by atoms with E-state index in [0.29, 0.717) is 11.8 Å². The van der Waals surface area contributed by atoms with Crippen LogP contribution in [0.5, 0.6) is 5.75 Å². The van der Waals surface area contributed by atoms with Crippen LogP contribution in [0, 0.1) is 17.8 Å². The zero-order valence-corrected chi connectivity index (χ0v) is 29.8. The lowest BCUT2D eigenvalue weighted by atomic mass is 9.73. The topological polar surface area (TPSA) is 80.3 Å². The largest absolute Gasteiger partial charge is 0.508 e. The van der Waals surface area contributed by atoms with Crippen molar-refractivity contribution >= 4 is 20.4 Å². The number of carbonyl (C=O) groups excluding carboxylic acids is 2. The van der Waals surface area contributed by atoms with Crippen LogP contribution in [-0.4, -0.2) is 46.4 Å². The molecule has 5 atom stereocenters. The predicted molar refractivity (Wildman–Crippen MR) is 183 cm³/mol. The third kappa shape index (κ3) is 9.60. The fourth-order valence-corrected chi connectivity index (χ4v) is 10.7. The number of hydrogen-bond acceptors (Lipinski definition) is 7. The molecule has 2 aromatic carbocycles. The highest BCUT2D eigenvalue weighted by molar-refractivity contribution is 6.73. The average molecular weight is 653 g/mol. The van der Waals surface area contributed by atoms with Gasteiger partial charge in [-0.3, -0.25) is 0 Å². The summed E-state index contributed by atoms with van der Waals surface area (Å²) in [5.74, 6) is 1.35. The van der Waals surface area contributed by atoms with Crippen LogP contribution in [0.3, 0.4) is 0 Å². The van der Waals surface area contributed by atoms with E-state index in [1.54, 1.807) is 0 Å². The van der Waals surface area contributed by atoms with Crippen molar-refractivity contribution in [1.82, 2.24) is 0 Å². The van der Waals surface area contributed by atoms with E-state index in [0.717, 1.165) is 73.5 Å². The van der Waals surface area contributed by atoms with Crippen molar-refractivity contribution < 1.29 is 33.0 Å². The Morgan fingerprint density at radius 1 is 0.913 bits per heavy atom. The molecular weight excluding hydrogens is 596 g/mol. The molecule has 1 fully saturated rings. The van der Waals surface area contributed by atoms with E-state index in [9.17, 15) is 9.59 Å². The molecule has 2 aliphatic rings. The van der Waals surface area contributed by atoms with Gasteiger partial charge in [0.25, 0.3) is 0 Å². The summed E-state index contributed by atoms with van der Waals surface area (Å²) in [5, 5.41) is 0. The highest BCUT2D eigenvalue weighted by atomic mass is 28.4. The lowest BCUT2D eigenvalue weighted by molar-refractivity contribution is -0.147. The van der Waals surface area contributed by atoms with Crippen LogP contribution < -0.4 is 4.74 Å². The summed E-state index contributed by atoms with van der Waals surface area (Å²) in [5.41, 5.74) is 3.35. The zero-order valence-electron chi connectivity index (χ0n) is 28.8. The lowest BCUT2D eigenvalue weighted by Crippen LogP contribution is -2.40. The van der Waals surface area contributed by atoms with Crippen molar-refractivity contribution in [3.05, 3.63) is 65.2 Å². The van der Waals surface area contributed by atoms with Crippen LogP contribution in [0.25, 0.3) is 0 Å². The van der Waals surface area contributed by atoms with Crippen molar-refractivity contribution in [1.29, 1.82) is 0 Å². The molecule has 8 heteroatoms. The van der Waals surface area contributed by atoms with Crippen molar-refractivity contribution in [2.75, 3.05) is 13.7 Å². The van der Waals surface area contributed by atoms with Crippen LogP contribution in [0.1, 0.15) is 89.3 Å². The van der Waals surface area contributed by atoms with E-state index >= 15 is 0 Å². The summed E-state index contributed by atoms with van der Waals surface area (Å²) in [6.45, 7) is 9.25. The molecule has 4 rings (SSSR count). The molecule has 0 N–H and O–H groups in total. The minimum atomic E-state index is -1.75. The molecule has 0 aliphatic heterocycles. The summed E-state index contributed by atoms with van der Waals surface area (Å²) >= 11 is 0. The molecular formula is C38H56O7Si. The Kier molecular flexibility index (Phi) is 14.0. The van der Waals surface area contributed by atoms with Crippen LogP contribution in [0.2, 0.25) is 18.1 Å². The van der Waals surface area contributed by atoms with E-state index in [-0.39, 0.29) is 37.3 Å². The number of esters is 1. The Hall–Kier alpha value is -2.84. The van der Waals surface area contributed by atoms with E-state index in [1.165, 1.54) is 31.9 Å². The Balaban J connectivity index is 1.45. The fraction of sp³-hybridized carbons (Fsp3) is 0.632. The Morgan fingerprint density at radius 2 is 1.67 bits per heavy atom. The highest BCUT2D eigenvalue weighted by Crippen LogP contribution is 2.50. The molecule has 1 saturated carbocycles. The molecule has 0 saturated heterocycles. The van der Waals surface area contributed by atoms with Crippen LogP contribution in [-0.2, 0) is 42.9 Å². The normalized spacial score (nSPS) is 21.2. The first-order chi connectivity index (χ1) is 22.3. The number of ether oxygens (including phenoxy) is 4. The fourth-order valence-electron chi connectivity index (χ4n) is 7.75. The number of methoxy groups -OCH3 is 1.